The van der Waals surface area contributed by atoms with Gasteiger partial charge in [0, 0.05) is 104 Å². The lowest BCUT2D eigenvalue weighted by atomic mass is 9.99. The van der Waals surface area contributed by atoms with Crippen molar-refractivity contribution in [3.63, 3.8) is 0 Å². The quantitative estimate of drug-likeness (QED) is 0.0205. The van der Waals surface area contributed by atoms with Gasteiger partial charge in [0.2, 0.25) is 5.91 Å². The smallest absolute Gasteiger partial charge is 0.310 e. The summed E-state index contributed by atoms with van der Waals surface area (Å²) in [6.45, 7) is 2.12. The number of carbonyl (C=O) groups excluding carboxylic acids is 3. The number of likely N-dealkylation sites (N-methyl/N-ethyl adjacent to an activating group) is 1. The number of methoxy groups -OCH3 is 7. The molecule has 0 atom stereocenters. The molecule has 5 heterocycles. The molecule has 126 heavy (non-hydrogen) atoms. The van der Waals surface area contributed by atoms with Crippen LogP contribution in [0.15, 0.2) is 213 Å². The molecule has 24 heteroatoms. The number of aliphatic hydroxyl groups excluding tert-OH is 2. The molecular formula is C102H102F6N6O12. The van der Waals surface area contributed by atoms with E-state index in [1.807, 2.05) is 153 Å². The molecule has 10 aromatic carbocycles. The number of aryl methyl sites for hydroxylation is 8. The Labute approximate surface area is 728 Å². The van der Waals surface area contributed by atoms with E-state index in [1.165, 1.54) is 64.3 Å². The molecule has 5 N–H and O–H groups in total. The number of benzene rings is 10. The van der Waals surface area contributed by atoms with E-state index in [-0.39, 0.29) is 71.2 Å². The van der Waals surface area contributed by atoms with Crippen molar-refractivity contribution in [2.45, 2.75) is 77.6 Å². The van der Waals surface area contributed by atoms with Crippen molar-refractivity contribution in [2.24, 2.45) is 14.1 Å². The first-order chi connectivity index (χ1) is 61.0. The third-order valence-corrected chi connectivity index (χ3v) is 21.1. The minimum absolute atomic E-state index is 0.0157. The first kappa shape index (κ1) is 94.3. The summed E-state index contributed by atoms with van der Waals surface area (Å²) in [6.07, 6.45) is 19.8. The highest BCUT2D eigenvalue weighted by Gasteiger charge is 2.27. The first-order valence-electron chi connectivity index (χ1n) is 40.7. The highest BCUT2D eigenvalue weighted by Crippen LogP contribution is 2.42. The summed E-state index contributed by atoms with van der Waals surface area (Å²) in [4.78, 5) is 40.4. The monoisotopic (exact) mass is 1720 g/mol. The summed E-state index contributed by atoms with van der Waals surface area (Å²) in [5.74, 6) is 6.44. The number of hydrogen-bond acceptors (Lipinski definition) is 13. The van der Waals surface area contributed by atoms with Gasteiger partial charge >= 0.3 is 11.9 Å². The van der Waals surface area contributed by atoms with E-state index in [4.69, 9.17) is 34.8 Å². The fourth-order valence-electron chi connectivity index (χ4n) is 15.2. The first-order valence-corrected chi connectivity index (χ1v) is 40.7. The lowest BCUT2D eigenvalue weighted by Gasteiger charge is -2.13. The average molecular weight is 1720 g/mol. The van der Waals surface area contributed by atoms with E-state index >= 15 is 0 Å². The van der Waals surface area contributed by atoms with Crippen LogP contribution in [0.4, 0.5) is 26.3 Å². The van der Waals surface area contributed by atoms with Gasteiger partial charge in [-0.25, -0.2) is 26.3 Å². The highest BCUT2D eigenvalue weighted by molar-refractivity contribution is 6.00. The standard InChI is InChI=1S/C21H25FN2O.C20H16FNO3.C20H22FNO2.C19H20FNO2.C14H13F2NO4.C8H6/c1-23-12-11-17-14-24(2)20-18(22)13-16(21(25-3)19(17)20)10-9-15-7-5-4-6-8-15;1-24-17(23)11-15-12-22-19-16(21)10-14(20(25-2)18(15)19)9-8-13-6-4-3-5-7-13;1-22-13-16(10-11-23)18-19(22)17(21)12-15(20(18)24-2)9-8-14-6-4-3-5-7-14;1-23-19-14(8-7-13-5-3-2-4-6-13)11-16(20)18-17(19)15(9-10-22)12-21-18;1-7(18)17-6-8(4-11(19)20-2)12-13(17)9(15)5-10(16)14(12)21-3;1-2-8-6-4-3-5-7-8/h4-8,13-14,23H,9-12H2,1-3H3;3-7,10,12,22H,11H2,1-2H3;3-7,12-13,23H,8-11H2,1-2H3;2-6,11-12,21-22H,7-10H2,1H3;5-6H,4H2,1-3H3;1,3-7H. The Kier molecular flexibility index (Phi) is 34.4. The number of aromatic amines is 2. The lowest BCUT2D eigenvalue weighted by molar-refractivity contribution is -0.140. The second-order valence-corrected chi connectivity index (χ2v) is 29.2. The predicted molar refractivity (Wildman–Crippen MR) is 482 cm³/mol. The van der Waals surface area contributed by atoms with Gasteiger partial charge in [-0.1, -0.05) is 145 Å². The molecule has 15 aromatic rings. The number of carbonyl (C=O) groups is 3. The van der Waals surface area contributed by atoms with Crippen molar-refractivity contribution < 1.29 is 84.1 Å². The number of aromatic nitrogens is 5. The van der Waals surface area contributed by atoms with Crippen molar-refractivity contribution in [1.29, 1.82) is 0 Å². The van der Waals surface area contributed by atoms with Crippen LogP contribution >= 0.6 is 0 Å². The second-order valence-electron chi connectivity index (χ2n) is 29.2. The Morgan fingerprint density at radius 1 is 0.397 bits per heavy atom. The molecule has 0 amide bonds. The molecule has 0 aliphatic carbocycles. The highest BCUT2D eigenvalue weighted by atomic mass is 19.2. The Bertz CT molecular complexity index is 6330. The van der Waals surface area contributed by atoms with Gasteiger partial charge in [-0.05, 0) is 181 Å². The van der Waals surface area contributed by atoms with Crippen LogP contribution in [0.25, 0.3) is 54.5 Å². The van der Waals surface area contributed by atoms with Crippen molar-refractivity contribution in [3.05, 3.63) is 326 Å². The van der Waals surface area contributed by atoms with Crippen LogP contribution in [0.1, 0.15) is 89.6 Å². The molecular weight excluding hydrogens is 1620 g/mol. The molecule has 18 nitrogen and oxygen atoms in total. The van der Waals surface area contributed by atoms with E-state index in [2.05, 4.69) is 74.2 Å². The van der Waals surface area contributed by atoms with E-state index in [9.17, 15) is 50.9 Å². The number of nitrogens with zero attached hydrogens (tertiary/aromatic N) is 3. The maximum absolute atomic E-state index is 14.8. The van der Waals surface area contributed by atoms with Crippen LogP contribution in [-0.4, -0.2) is 128 Å². The van der Waals surface area contributed by atoms with Gasteiger partial charge in [0.15, 0.2) is 17.4 Å². The maximum Gasteiger partial charge on any atom is 0.310 e. The molecule has 0 saturated carbocycles. The minimum atomic E-state index is -0.908. The summed E-state index contributed by atoms with van der Waals surface area (Å²) in [5, 5.41) is 24.6. The topological polar surface area (TPSA) is 215 Å². The Hall–Kier alpha value is -13.9. The third kappa shape index (κ3) is 23.1. The molecule has 0 fully saturated rings. The Morgan fingerprint density at radius 2 is 0.778 bits per heavy atom. The summed E-state index contributed by atoms with van der Waals surface area (Å²) in [7, 11) is 15.8. The molecule has 0 aliphatic rings. The van der Waals surface area contributed by atoms with Crippen LogP contribution < -0.4 is 29.0 Å². The fraction of sp³-hybridized carbons (Fsp3) is 0.245. The second kappa shape index (κ2) is 46.0. The molecule has 5 aromatic heterocycles. The number of esters is 2. The van der Waals surface area contributed by atoms with Gasteiger partial charge < -0.3 is 67.8 Å². The summed E-state index contributed by atoms with van der Waals surface area (Å²) < 4.78 is 127. The molecule has 654 valence electrons. The van der Waals surface area contributed by atoms with Crippen molar-refractivity contribution in [1.82, 2.24) is 29.0 Å². The average Bonchev–Trinajstić information content (AvgIpc) is 1.61. The molecule has 15 rings (SSSR count). The van der Waals surface area contributed by atoms with Crippen molar-refractivity contribution >= 4 is 72.4 Å². The van der Waals surface area contributed by atoms with E-state index in [0.29, 0.717) is 82.1 Å². The summed E-state index contributed by atoms with van der Waals surface area (Å²) in [5.41, 5.74) is 13.9. The minimum Gasteiger partial charge on any atom is -0.496 e. The zero-order valence-corrected chi connectivity index (χ0v) is 72.3. The lowest BCUT2D eigenvalue weighted by Crippen LogP contribution is -2.10. The number of fused-ring (bicyclic) bond motifs is 5. The van der Waals surface area contributed by atoms with Gasteiger partial charge in [-0.3, -0.25) is 19.0 Å². The molecule has 0 saturated heterocycles. The van der Waals surface area contributed by atoms with Gasteiger partial charge in [-0.15, -0.1) is 6.42 Å². The number of nitrogens with one attached hydrogen (secondary N) is 3. The third-order valence-electron chi connectivity index (χ3n) is 21.1. The Balaban J connectivity index is 0.000000161. The molecule has 0 unspecified atom stereocenters. The molecule has 0 radical (unpaired) electrons. The fourth-order valence-corrected chi connectivity index (χ4v) is 15.2. The summed E-state index contributed by atoms with van der Waals surface area (Å²) >= 11 is 0. The van der Waals surface area contributed by atoms with E-state index in [0.717, 1.165) is 110 Å². The van der Waals surface area contributed by atoms with E-state index < -0.39 is 35.3 Å². The summed E-state index contributed by atoms with van der Waals surface area (Å²) in [6, 6.07) is 56.2. The van der Waals surface area contributed by atoms with Crippen LogP contribution in [0, 0.1) is 59.1 Å². The number of aliphatic hydroxyl groups is 2. The maximum atomic E-state index is 14.8. The number of terminal acetylenes is 1. The van der Waals surface area contributed by atoms with Gasteiger partial charge in [0.05, 0.1) is 101 Å². The predicted octanol–water partition coefficient (Wildman–Crippen LogP) is 18.6. The molecule has 0 aliphatic heterocycles. The zero-order valence-electron chi connectivity index (χ0n) is 72.3. The van der Waals surface area contributed by atoms with Crippen LogP contribution in [-0.2, 0) is 104 Å². The SMILES string of the molecule is C#Cc1ccccc1.CNCCc1cn(C)c2c(F)cc(CCc3ccccc3)c(OC)c12.COC(=O)Cc1c[nH]c2c(F)cc(C#Cc3ccccc3)c(OC)c12.COC(=O)Cc1cn(C(C)=O)c2c(F)cc(F)c(OC)c12.COc1c(CCc2ccccc2)cc(F)c2[nH]cc(CCO)c12.COc1c(CCc2ccccc2)cc(F)c2c1c(CCO)cn2C. The number of rotatable bonds is 25. The van der Waals surface area contributed by atoms with Crippen LogP contribution in [0.3, 0.4) is 0 Å². The van der Waals surface area contributed by atoms with E-state index in [1.54, 1.807) is 56.5 Å². The van der Waals surface area contributed by atoms with Gasteiger partial charge in [0.1, 0.15) is 46.3 Å². The van der Waals surface area contributed by atoms with Crippen LogP contribution in [0.5, 0.6) is 28.7 Å². The van der Waals surface area contributed by atoms with Gasteiger partial charge in [0.25, 0.3) is 0 Å². The number of H-pyrrole nitrogens is 2. The largest absolute Gasteiger partial charge is 0.496 e. The number of halogens is 6. The number of ether oxygens (including phenoxy) is 7. The zero-order chi connectivity index (χ0) is 90.5. The van der Waals surface area contributed by atoms with Crippen molar-refractivity contribution in [2.75, 3.05) is 76.6 Å². The molecule has 0 spiro atoms. The van der Waals surface area contributed by atoms with Crippen LogP contribution in [0.2, 0.25) is 0 Å². The molecule has 0 bridgehead atoms. The van der Waals surface area contributed by atoms with Crippen molar-refractivity contribution in [3.8, 4) is 52.9 Å². The Morgan fingerprint density at radius 3 is 1.20 bits per heavy atom. The van der Waals surface area contributed by atoms with Gasteiger partial charge in [-0.2, -0.15) is 0 Å². The normalized spacial score (nSPS) is 10.7. The number of hydrogen-bond donors (Lipinski definition) is 5.